The molecule has 4 heterocycles. The number of rotatable bonds is 30. The van der Waals surface area contributed by atoms with Crippen LogP contribution in [0, 0.1) is 6.92 Å². The fraction of sp³-hybridized carbons (Fsp3) is 0.460. The molecule has 0 bridgehead atoms. The van der Waals surface area contributed by atoms with Crippen molar-refractivity contribution in [1.82, 2.24) is 5.32 Å². The second-order valence-corrected chi connectivity index (χ2v) is 26.8. The van der Waals surface area contributed by atoms with Crippen molar-refractivity contribution in [3.8, 4) is 17.2 Å². The van der Waals surface area contributed by atoms with E-state index in [0.717, 1.165) is 71.3 Å². The average Bonchev–Trinajstić information content (AvgIpc) is 4.11. The summed E-state index contributed by atoms with van der Waals surface area (Å²) in [5.41, 5.74) is 10.4. The van der Waals surface area contributed by atoms with Gasteiger partial charge in [0.05, 0.1) is 59.5 Å². The number of aryl methyl sites for hydroxylation is 2. The van der Waals surface area contributed by atoms with Crippen LogP contribution in [0.4, 0.5) is 22.7 Å². The van der Waals surface area contributed by atoms with Crippen molar-refractivity contribution < 1.29 is 60.0 Å². The van der Waals surface area contributed by atoms with Crippen molar-refractivity contribution in [3.63, 3.8) is 0 Å². The third kappa shape index (κ3) is 14.6. The fourth-order valence-corrected chi connectivity index (χ4v) is 15.1. The number of para-hydroxylation sites is 2. The molecule has 0 radical (unpaired) electrons. The molecule has 4 aliphatic rings. The van der Waals surface area contributed by atoms with Crippen LogP contribution in [0.25, 0.3) is 0 Å². The lowest BCUT2D eigenvalue weighted by Crippen LogP contribution is -2.39. The zero-order valence-corrected chi connectivity index (χ0v) is 51.3. The number of hydrogen-bond donors (Lipinski definition) is 1. The number of hydrogen-bond acceptors (Lipinski definition) is 16. The van der Waals surface area contributed by atoms with E-state index < -0.39 is 25.9 Å². The molecule has 0 saturated carbocycles. The number of carbonyl (C=O) groups is 3. The molecule has 83 heavy (non-hydrogen) atoms. The second kappa shape index (κ2) is 27.8. The fourth-order valence-electron chi connectivity index (χ4n) is 11.3. The number of nitrogens with one attached hydrogen (secondary N) is 1. The first-order valence-electron chi connectivity index (χ1n) is 28.3. The number of methoxy groups -OCH3 is 2. The van der Waals surface area contributed by atoms with E-state index in [1.807, 2.05) is 89.9 Å². The predicted octanol–water partition coefficient (Wildman–Crippen LogP) is 9.05. The number of anilines is 3. The Bertz CT molecular complexity index is 3300. The van der Waals surface area contributed by atoms with E-state index in [-0.39, 0.29) is 50.1 Å². The largest absolute Gasteiger partial charge is 0.493 e. The van der Waals surface area contributed by atoms with Crippen LogP contribution in [0.3, 0.4) is 0 Å². The molecule has 0 saturated heterocycles. The van der Waals surface area contributed by atoms with Crippen LogP contribution < -0.4 is 34.2 Å². The van der Waals surface area contributed by atoms with Gasteiger partial charge in [-0.2, -0.15) is 8.42 Å². The van der Waals surface area contributed by atoms with Crippen molar-refractivity contribution in [3.05, 3.63) is 136 Å². The highest BCUT2D eigenvalue weighted by molar-refractivity contribution is 8.77. The van der Waals surface area contributed by atoms with Gasteiger partial charge in [-0.15, -0.1) is 0 Å². The molecule has 0 fully saturated rings. The maximum absolute atomic E-state index is 14.4. The molecule has 5 aromatic carbocycles. The van der Waals surface area contributed by atoms with Crippen LogP contribution in [0.2, 0.25) is 0 Å². The molecule has 9 rings (SSSR count). The molecule has 444 valence electrons. The van der Waals surface area contributed by atoms with Gasteiger partial charge >= 0.3 is 0 Å². The van der Waals surface area contributed by atoms with Crippen LogP contribution in [-0.2, 0) is 65.8 Å². The van der Waals surface area contributed by atoms with Gasteiger partial charge in [0, 0.05) is 77.2 Å². The molecule has 2 amide bonds. The smallest absolute Gasteiger partial charge is 0.277 e. The van der Waals surface area contributed by atoms with Crippen molar-refractivity contribution in [2.75, 3.05) is 108 Å². The number of carbonyl (C=O) groups excluding carboxylic acids is 3. The SMILES string of the molecule is CCNCC(=O)C(CCSSC(C)(C)CN(CCOCCOCCOC)c1cc(COc2cc3c(cc2C)C(=O)N2c4ccccc4C[C@H]2CC3)cc(COc2cc3c(cc2OC)C(=O)N2c4ccccc4C[C@H]2[C-]=[N+]3C)c1)S(=O)(=O)OC. The number of likely N-dealkylation sites (N-methyl/N-ethyl adjacent to an activating group) is 1. The summed E-state index contributed by atoms with van der Waals surface area (Å²) in [6.45, 7) is 12.1. The highest BCUT2D eigenvalue weighted by Crippen LogP contribution is 2.43. The summed E-state index contributed by atoms with van der Waals surface area (Å²) < 4.78 is 68.6. The number of ether oxygens (including phenoxy) is 6. The molecular formula is C63H77N5O12S3. The van der Waals surface area contributed by atoms with E-state index in [1.54, 1.807) is 31.1 Å². The third-order valence-electron chi connectivity index (χ3n) is 15.4. The van der Waals surface area contributed by atoms with Crippen molar-refractivity contribution in [2.24, 2.45) is 0 Å². The van der Waals surface area contributed by atoms with Gasteiger partial charge < -0.3 is 53.0 Å². The van der Waals surface area contributed by atoms with Crippen LogP contribution >= 0.6 is 21.6 Å². The van der Waals surface area contributed by atoms with E-state index in [2.05, 4.69) is 60.6 Å². The summed E-state index contributed by atoms with van der Waals surface area (Å²) >= 11 is 0. The Labute approximate surface area is 496 Å². The Kier molecular flexibility index (Phi) is 20.6. The Hall–Kier alpha value is -5.97. The first kappa shape index (κ1) is 61.6. The number of nitrogens with zero attached hydrogens (tertiary/aromatic N) is 4. The number of ketones is 1. The van der Waals surface area contributed by atoms with Gasteiger partial charge in [0.25, 0.3) is 16.0 Å². The summed E-state index contributed by atoms with van der Waals surface area (Å²) in [5.74, 6) is 1.40. The molecule has 17 nitrogen and oxygen atoms in total. The van der Waals surface area contributed by atoms with Crippen molar-refractivity contribution in [1.29, 1.82) is 0 Å². The van der Waals surface area contributed by atoms with E-state index in [1.165, 1.54) is 16.4 Å². The van der Waals surface area contributed by atoms with Crippen LogP contribution in [0.1, 0.15) is 87.7 Å². The number of amides is 2. The highest BCUT2D eigenvalue weighted by atomic mass is 33.1. The first-order valence-corrected chi connectivity index (χ1v) is 32.1. The Morgan fingerprint density at radius 3 is 2.17 bits per heavy atom. The van der Waals surface area contributed by atoms with Gasteiger partial charge in [-0.25, -0.2) is 0 Å². The first-order chi connectivity index (χ1) is 40.0. The minimum atomic E-state index is -4.10. The zero-order chi connectivity index (χ0) is 58.8. The monoisotopic (exact) mass is 1190 g/mol. The Morgan fingerprint density at radius 2 is 1.47 bits per heavy atom. The minimum Gasteiger partial charge on any atom is -0.493 e. The number of Topliss-reactive ketones (excluding diaryl/α,β-unsaturated/α-hetero) is 1. The predicted molar refractivity (Wildman–Crippen MR) is 328 cm³/mol. The quantitative estimate of drug-likeness (QED) is 0.0151. The molecule has 4 aliphatic heterocycles. The molecular weight excluding hydrogens is 1110 g/mol. The molecule has 5 aromatic rings. The lowest BCUT2D eigenvalue weighted by molar-refractivity contribution is -0.401. The summed E-state index contributed by atoms with van der Waals surface area (Å²) in [5, 5.41) is 1.67. The lowest BCUT2D eigenvalue weighted by Gasteiger charge is -2.34. The normalized spacial score (nSPS) is 16.7. The second-order valence-electron chi connectivity index (χ2n) is 21.8. The van der Waals surface area contributed by atoms with E-state index >= 15 is 0 Å². The standard InChI is InChI=1S/C63H77N5O12S3/c1-9-64-37-56(69)60(83(72,73)76-8)20-27-81-82-63(3,4)41-66(21-22-77-25-26-78-24-23-74-6)49-30-43(39-79-57-34-45-18-19-48-32-46-14-10-12-16-53(46)67(48)61(70)51(45)28-42(57)2)29-44(31-49)40-80-59-36-55-52(35-58(59)75-7)62(71)68-50(38-65(55)5)33-47-15-11-13-17-54(47)68/h10-17,28-31,34-36,48,50,60,64H,9,18-27,32-33,37,39-41H2,1-8H3/t48-,50+,60?/m1/s1. The molecule has 1 N–H and O–H groups in total. The maximum atomic E-state index is 14.4. The highest BCUT2D eigenvalue weighted by Gasteiger charge is 2.39. The van der Waals surface area contributed by atoms with Gasteiger partial charge in [-0.05, 0) is 147 Å². The van der Waals surface area contributed by atoms with Crippen LogP contribution in [-0.4, -0.2) is 152 Å². The molecule has 3 atom stereocenters. The lowest BCUT2D eigenvalue weighted by atomic mass is 9.98. The van der Waals surface area contributed by atoms with E-state index in [9.17, 15) is 22.8 Å². The number of benzene rings is 5. The van der Waals surface area contributed by atoms with Gasteiger partial charge in [0.15, 0.2) is 11.5 Å². The zero-order valence-electron chi connectivity index (χ0n) is 48.8. The number of fused-ring (bicyclic) bond motifs is 8. The van der Waals surface area contributed by atoms with Crippen LogP contribution in [0.15, 0.2) is 91.0 Å². The summed E-state index contributed by atoms with van der Waals surface area (Å²) in [4.78, 5) is 47.9. The molecule has 1 unspecified atom stereocenters. The minimum absolute atomic E-state index is 0.0200. The molecule has 0 aromatic heterocycles. The van der Waals surface area contributed by atoms with Gasteiger partial charge in [0.1, 0.15) is 37.0 Å². The molecule has 20 heteroatoms. The van der Waals surface area contributed by atoms with Gasteiger partial charge in [-0.3, -0.25) is 18.6 Å². The summed E-state index contributed by atoms with van der Waals surface area (Å²) in [6, 6.07) is 29.9. The Balaban J connectivity index is 1.00. The third-order valence-corrected chi connectivity index (χ3v) is 20.4. The van der Waals surface area contributed by atoms with Crippen LogP contribution in [0.5, 0.6) is 17.2 Å². The molecule has 0 spiro atoms. The van der Waals surface area contributed by atoms with Gasteiger partial charge in [0.2, 0.25) is 5.91 Å². The summed E-state index contributed by atoms with van der Waals surface area (Å²) in [6.07, 6.45) is 6.71. The Morgan fingerprint density at radius 1 is 0.807 bits per heavy atom. The van der Waals surface area contributed by atoms with Gasteiger partial charge in [-0.1, -0.05) is 64.9 Å². The summed E-state index contributed by atoms with van der Waals surface area (Å²) in [7, 11) is 5.23. The van der Waals surface area contributed by atoms with Crippen molar-refractivity contribution in [2.45, 2.75) is 95.1 Å². The van der Waals surface area contributed by atoms with E-state index in [0.29, 0.717) is 98.9 Å². The maximum Gasteiger partial charge on any atom is 0.277 e. The topological polar surface area (TPSA) is 175 Å². The molecule has 0 aliphatic carbocycles. The average molecular weight is 1190 g/mol. The van der Waals surface area contributed by atoms with Crippen molar-refractivity contribution >= 4 is 78.3 Å². The van der Waals surface area contributed by atoms with E-state index in [4.69, 9.17) is 32.6 Å².